The van der Waals surface area contributed by atoms with Crippen LogP contribution in [0, 0.1) is 11.6 Å². The molecule has 0 aliphatic carbocycles. The first kappa shape index (κ1) is 12.6. The van der Waals surface area contributed by atoms with Crippen LogP contribution in [0.4, 0.5) is 8.78 Å². The molecule has 0 aliphatic rings. The van der Waals surface area contributed by atoms with Crippen LogP contribution in [-0.2, 0) is 10.3 Å². The molecule has 16 heavy (non-hydrogen) atoms. The molecule has 1 aromatic rings. The molecule has 1 aromatic carbocycles. The highest BCUT2D eigenvalue weighted by molar-refractivity contribution is 5.80. The first-order valence-electron chi connectivity index (χ1n) is 4.66. The van der Waals surface area contributed by atoms with E-state index in [9.17, 15) is 13.6 Å². The molecule has 3 nitrogen and oxygen atoms in total. The lowest BCUT2D eigenvalue weighted by molar-refractivity contribution is -0.149. The summed E-state index contributed by atoms with van der Waals surface area (Å²) >= 11 is 0. The van der Waals surface area contributed by atoms with Gasteiger partial charge in [0.25, 0.3) is 0 Å². The number of nitrogens with zero attached hydrogens (tertiary/aromatic N) is 1. The van der Waals surface area contributed by atoms with Crippen LogP contribution in [0.1, 0.15) is 12.5 Å². The van der Waals surface area contributed by atoms with Gasteiger partial charge in [-0.1, -0.05) is 6.07 Å². The maximum absolute atomic E-state index is 13.0. The highest BCUT2D eigenvalue weighted by atomic mass is 19.2. The number of carbonyl (C=O) groups is 1. The van der Waals surface area contributed by atoms with E-state index in [0.717, 1.165) is 12.1 Å². The molecule has 0 unspecified atom stereocenters. The number of halogens is 2. The zero-order chi connectivity index (χ0) is 12.5. The second-order valence-electron chi connectivity index (χ2n) is 3.90. The highest BCUT2D eigenvalue weighted by Gasteiger charge is 2.38. The Kier molecular flexibility index (Phi) is 3.28. The van der Waals surface area contributed by atoms with Crippen molar-refractivity contribution in [2.45, 2.75) is 12.5 Å². The molecule has 5 heteroatoms. The largest absolute Gasteiger partial charge is 0.480 e. The Bertz CT molecular complexity index is 420. The van der Waals surface area contributed by atoms with Gasteiger partial charge in [-0.15, -0.1) is 0 Å². The molecule has 88 valence electrons. The highest BCUT2D eigenvalue weighted by Crippen LogP contribution is 2.27. The van der Waals surface area contributed by atoms with Gasteiger partial charge in [0.2, 0.25) is 0 Å². The average Bonchev–Trinajstić information content (AvgIpc) is 2.20. The first-order valence-corrected chi connectivity index (χ1v) is 4.66. The minimum absolute atomic E-state index is 0.198. The van der Waals surface area contributed by atoms with Crippen molar-refractivity contribution >= 4 is 5.97 Å². The number of benzene rings is 1. The van der Waals surface area contributed by atoms with Crippen LogP contribution in [-0.4, -0.2) is 30.1 Å². The summed E-state index contributed by atoms with van der Waals surface area (Å²) < 4.78 is 25.8. The Morgan fingerprint density at radius 2 is 1.88 bits per heavy atom. The van der Waals surface area contributed by atoms with Crippen molar-refractivity contribution < 1.29 is 18.7 Å². The Morgan fingerprint density at radius 1 is 1.31 bits per heavy atom. The summed E-state index contributed by atoms with van der Waals surface area (Å²) in [6, 6.07) is 3.10. The zero-order valence-electron chi connectivity index (χ0n) is 9.29. The molecule has 0 aromatic heterocycles. The first-order chi connectivity index (χ1) is 7.30. The van der Waals surface area contributed by atoms with E-state index in [0.29, 0.717) is 0 Å². The average molecular weight is 229 g/mol. The lowest BCUT2D eigenvalue weighted by Gasteiger charge is -2.32. The van der Waals surface area contributed by atoms with Crippen LogP contribution in [0.5, 0.6) is 0 Å². The van der Waals surface area contributed by atoms with Crippen molar-refractivity contribution in [3.05, 3.63) is 35.4 Å². The molecule has 0 aliphatic heterocycles. The molecule has 0 amide bonds. The molecule has 1 atom stereocenters. The van der Waals surface area contributed by atoms with Gasteiger partial charge in [-0.05, 0) is 38.7 Å². The third kappa shape index (κ3) is 1.90. The number of rotatable bonds is 3. The normalized spacial score (nSPS) is 14.9. The van der Waals surface area contributed by atoms with E-state index in [4.69, 9.17) is 5.11 Å². The number of carboxylic acids is 1. The monoisotopic (exact) mass is 229 g/mol. The van der Waals surface area contributed by atoms with Crippen molar-refractivity contribution in [2.24, 2.45) is 0 Å². The Labute approximate surface area is 92.3 Å². The molecular weight excluding hydrogens is 216 g/mol. The molecule has 0 spiro atoms. The van der Waals surface area contributed by atoms with Crippen LogP contribution in [0.25, 0.3) is 0 Å². The van der Waals surface area contributed by atoms with E-state index in [1.165, 1.54) is 17.9 Å². The van der Waals surface area contributed by atoms with Crippen molar-refractivity contribution in [1.29, 1.82) is 0 Å². The van der Waals surface area contributed by atoms with E-state index in [-0.39, 0.29) is 5.56 Å². The van der Waals surface area contributed by atoms with Crippen molar-refractivity contribution in [1.82, 2.24) is 4.90 Å². The van der Waals surface area contributed by atoms with Crippen LogP contribution >= 0.6 is 0 Å². The topological polar surface area (TPSA) is 40.5 Å². The van der Waals surface area contributed by atoms with Gasteiger partial charge in [0.05, 0.1) is 0 Å². The predicted octanol–water partition coefficient (Wildman–Crippen LogP) is 1.83. The molecule has 1 N–H and O–H groups in total. The van der Waals surface area contributed by atoms with Gasteiger partial charge in [0.15, 0.2) is 11.6 Å². The van der Waals surface area contributed by atoms with Gasteiger partial charge < -0.3 is 5.11 Å². The van der Waals surface area contributed by atoms with Gasteiger partial charge in [0, 0.05) is 0 Å². The maximum atomic E-state index is 13.0. The quantitative estimate of drug-likeness (QED) is 0.859. The Hall–Kier alpha value is -1.49. The summed E-state index contributed by atoms with van der Waals surface area (Å²) in [6.45, 7) is 1.43. The SMILES string of the molecule is CN(C)[C@@](C)(C(=O)O)c1ccc(F)c(F)c1. The van der Waals surface area contributed by atoms with E-state index in [1.807, 2.05) is 0 Å². The zero-order valence-corrected chi connectivity index (χ0v) is 9.29. The van der Waals surface area contributed by atoms with Crippen LogP contribution < -0.4 is 0 Å². The van der Waals surface area contributed by atoms with E-state index < -0.39 is 23.1 Å². The fourth-order valence-electron chi connectivity index (χ4n) is 1.37. The summed E-state index contributed by atoms with van der Waals surface area (Å²) in [5.41, 5.74) is -1.18. The Balaban J connectivity index is 3.33. The molecule has 0 heterocycles. The number of aliphatic carboxylic acids is 1. The van der Waals surface area contributed by atoms with Gasteiger partial charge in [-0.2, -0.15) is 0 Å². The fraction of sp³-hybridized carbons (Fsp3) is 0.364. The molecule has 0 fully saturated rings. The third-order valence-electron chi connectivity index (χ3n) is 2.79. The third-order valence-corrected chi connectivity index (χ3v) is 2.79. The smallest absolute Gasteiger partial charge is 0.328 e. The van der Waals surface area contributed by atoms with Crippen molar-refractivity contribution in [3.63, 3.8) is 0 Å². The number of hydrogen-bond acceptors (Lipinski definition) is 2. The standard InChI is InChI=1S/C11H13F2NO2/c1-11(10(15)16,14(2)3)7-4-5-8(12)9(13)6-7/h4-6H,1-3H3,(H,15,16)/t11-/m1/s1. The summed E-state index contributed by atoms with van der Waals surface area (Å²) in [6.07, 6.45) is 0. The summed E-state index contributed by atoms with van der Waals surface area (Å²) in [4.78, 5) is 12.6. The minimum Gasteiger partial charge on any atom is -0.480 e. The fourth-order valence-corrected chi connectivity index (χ4v) is 1.37. The summed E-state index contributed by atoms with van der Waals surface area (Å²) in [7, 11) is 3.13. The molecule has 0 bridgehead atoms. The molecule has 0 radical (unpaired) electrons. The predicted molar refractivity (Wildman–Crippen MR) is 55.0 cm³/mol. The Morgan fingerprint density at radius 3 is 2.25 bits per heavy atom. The van der Waals surface area contributed by atoms with E-state index in [2.05, 4.69) is 0 Å². The molecular formula is C11H13F2NO2. The summed E-state index contributed by atoms with van der Waals surface area (Å²) in [5.74, 6) is -3.16. The van der Waals surface area contributed by atoms with E-state index >= 15 is 0 Å². The van der Waals surface area contributed by atoms with Gasteiger partial charge >= 0.3 is 5.97 Å². The van der Waals surface area contributed by atoms with Crippen LogP contribution in [0.2, 0.25) is 0 Å². The number of likely N-dealkylation sites (N-methyl/N-ethyl adjacent to an activating group) is 1. The van der Waals surface area contributed by atoms with E-state index in [1.54, 1.807) is 14.1 Å². The van der Waals surface area contributed by atoms with Crippen LogP contribution in [0.3, 0.4) is 0 Å². The minimum atomic E-state index is -1.38. The van der Waals surface area contributed by atoms with Crippen molar-refractivity contribution in [3.8, 4) is 0 Å². The lowest BCUT2D eigenvalue weighted by atomic mass is 9.91. The molecule has 0 saturated carbocycles. The van der Waals surface area contributed by atoms with Gasteiger partial charge in [-0.25, -0.2) is 13.6 Å². The lowest BCUT2D eigenvalue weighted by Crippen LogP contribution is -2.45. The summed E-state index contributed by atoms with van der Waals surface area (Å²) in [5, 5.41) is 9.16. The number of hydrogen-bond donors (Lipinski definition) is 1. The van der Waals surface area contributed by atoms with Gasteiger partial charge in [-0.3, -0.25) is 4.90 Å². The van der Waals surface area contributed by atoms with Crippen LogP contribution in [0.15, 0.2) is 18.2 Å². The number of carboxylic acid groups (broad SMARTS) is 1. The molecule has 0 saturated heterocycles. The van der Waals surface area contributed by atoms with Crippen molar-refractivity contribution in [2.75, 3.05) is 14.1 Å². The van der Waals surface area contributed by atoms with Gasteiger partial charge in [0.1, 0.15) is 5.54 Å². The molecule has 1 rings (SSSR count). The second kappa shape index (κ2) is 4.17. The maximum Gasteiger partial charge on any atom is 0.328 e. The second-order valence-corrected chi connectivity index (χ2v) is 3.90.